The van der Waals surface area contributed by atoms with Crippen LogP contribution in [0.4, 0.5) is 0 Å². The molecule has 0 unspecified atom stereocenters. The van der Waals surface area contributed by atoms with E-state index in [0.717, 1.165) is 38.8 Å². The van der Waals surface area contributed by atoms with Crippen molar-refractivity contribution in [2.75, 3.05) is 0 Å². The second-order valence-electron chi connectivity index (χ2n) is 6.39. The van der Waals surface area contributed by atoms with Gasteiger partial charge in [-0.05, 0) is 48.5 Å². The topological polar surface area (TPSA) is 69.9 Å². The van der Waals surface area contributed by atoms with Gasteiger partial charge in [-0.3, -0.25) is 4.57 Å². The molecule has 0 spiro atoms. The lowest BCUT2D eigenvalue weighted by Crippen LogP contribution is -2.03. The summed E-state index contributed by atoms with van der Waals surface area (Å²) in [5, 5.41) is 13.2. The molecule has 0 radical (unpaired) electrons. The fourth-order valence-corrected chi connectivity index (χ4v) is 4.78. The largest absolute Gasteiger partial charge is 0.467 e. The normalized spacial score (nSPS) is 11.2. The quantitative estimate of drug-likeness (QED) is 0.271. The summed E-state index contributed by atoms with van der Waals surface area (Å²) in [6.45, 7) is 0.537. The Bertz CT molecular complexity index is 1230. The lowest BCUT2D eigenvalue weighted by atomic mass is 10.2. The first-order valence-electron chi connectivity index (χ1n) is 9.09. The average molecular weight is 455 g/mol. The van der Waals surface area contributed by atoms with Crippen molar-refractivity contribution in [2.45, 2.75) is 17.5 Å². The van der Waals surface area contributed by atoms with Gasteiger partial charge in [0.25, 0.3) is 0 Å². The lowest BCUT2D eigenvalue weighted by molar-refractivity contribution is 0.485. The monoisotopic (exact) mass is 454 g/mol. The van der Waals surface area contributed by atoms with Gasteiger partial charge in [-0.1, -0.05) is 23.4 Å². The SMILES string of the molecule is Clc1ccc(-c2nnc(SCc3csc(-c4ccco4)n3)n2Cc2ccco2)cc1. The van der Waals surface area contributed by atoms with Crippen molar-refractivity contribution in [1.82, 2.24) is 19.7 Å². The Hall–Kier alpha value is -2.81. The highest BCUT2D eigenvalue weighted by Crippen LogP contribution is 2.30. The zero-order valence-corrected chi connectivity index (χ0v) is 18.0. The highest BCUT2D eigenvalue weighted by atomic mass is 35.5. The number of benzene rings is 1. The minimum absolute atomic E-state index is 0.537. The van der Waals surface area contributed by atoms with Crippen molar-refractivity contribution in [2.24, 2.45) is 0 Å². The van der Waals surface area contributed by atoms with Crippen LogP contribution in [0, 0.1) is 0 Å². The summed E-state index contributed by atoms with van der Waals surface area (Å²) in [6.07, 6.45) is 3.32. The van der Waals surface area contributed by atoms with E-state index in [9.17, 15) is 0 Å². The average Bonchev–Trinajstić information content (AvgIpc) is 3.55. The fraction of sp³-hybridized carbons (Fsp3) is 0.0952. The van der Waals surface area contributed by atoms with Crippen LogP contribution in [0.1, 0.15) is 11.5 Å². The molecular formula is C21H15ClN4O2S2. The summed E-state index contributed by atoms with van der Waals surface area (Å²) >= 11 is 9.19. The van der Waals surface area contributed by atoms with E-state index in [1.807, 2.05) is 58.5 Å². The molecule has 0 atom stereocenters. The van der Waals surface area contributed by atoms with Gasteiger partial charge < -0.3 is 8.83 Å². The second kappa shape index (κ2) is 8.51. The molecule has 6 nitrogen and oxygen atoms in total. The number of thiazole rings is 1. The molecule has 0 bridgehead atoms. The number of hydrogen-bond acceptors (Lipinski definition) is 7. The van der Waals surface area contributed by atoms with Crippen molar-refractivity contribution in [1.29, 1.82) is 0 Å². The highest BCUT2D eigenvalue weighted by molar-refractivity contribution is 7.98. The predicted molar refractivity (Wildman–Crippen MR) is 118 cm³/mol. The first-order chi connectivity index (χ1) is 14.8. The fourth-order valence-electron chi connectivity index (χ4n) is 2.93. The summed E-state index contributed by atoms with van der Waals surface area (Å²) < 4.78 is 13.0. The molecule has 1 aromatic carbocycles. The van der Waals surface area contributed by atoms with Crippen molar-refractivity contribution >= 4 is 34.7 Å². The van der Waals surface area contributed by atoms with Gasteiger partial charge in [-0.2, -0.15) is 0 Å². The number of halogens is 1. The van der Waals surface area contributed by atoms with Gasteiger partial charge >= 0.3 is 0 Å². The predicted octanol–water partition coefficient (Wildman–Crippen LogP) is 6.25. The zero-order chi connectivity index (χ0) is 20.3. The molecular weight excluding hydrogens is 440 g/mol. The maximum atomic E-state index is 6.04. The Morgan fingerprint density at radius 2 is 1.83 bits per heavy atom. The summed E-state index contributed by atoms with van der Waals surface area (Å²) in [4.78, 5) is 4.66. The Balaban J connectivity index is 1.40. The molecule has 0 aliphatic rings. The lowest BCUT2D eigenvalue weighted by Gasteiger charge is -2.08. The molecule has 0 saturated carbocycles. The van der Waals surface area contributed by atoms with Crippen LogP contribution in [-0.4, -0.2) is 19.7 Å². The van der Waals surface area contributed by atoms with Crippen LogP contribution in [0.3, 0.4) is 0 Å². The number of aromatic nitrogens is 4. The van der Waals surface area contributed by atoms with Gasteiger partial charge in [-0.25, -0.2) is 4.98 Å². The van der Waals surface area contributed by atoms with Gasteiger partial charge in [0.05, 0.1) is 24.8 Å². The van der Waals surface area contributed by atoms with Crippen molar-refractivity contribution in [3.63, 3.8) is 0 Å². The van der Waals surface area contributed by atoms with E-state index in [4.69, 9.17) is 20.4 Å². The first-order valence-corrected chi connectivity index (χ1v) is 11.3. The van der Waals surface area contributed by atoms with E-state index >= 15 is 0 Å². The Kier molecular flexibility index (Phi) is 5.44. The zero-order valence-electron chi connectivity index (χ0n) is 15.6. The van der Waals surface area contributed by atoms with Crippen LogP contribution in [-0.2, 0) is 12.3 Å². The molecule has 0 amide bonds. The summed E-state index contributed by atoms with van der Waals surface area (Å²) in [6, 6.07) is 15.2. The second-order valence-corrected chi connectivity index (χ2v) is 8.63. The summed E-state index contributed by atoms with van der Waals surface area (Å²) in [7, 11) is 0. The smallest absolute Gasteiger partial charge is 0.192 e. The first kappa shape index (κ1) is 19.2. The molecule has 0 aliphatic heterocycles. The number of thioether (sulfide) groups is 1. The Labute approximate surface area is 185 Å². The molecule has 0 fully saturated rings. The van der Waals surface area contributed by atoms with Crippen molar-refractivity contribution < 1.29 is 8.83 Å². The third-order valence-corrected chi connectivity index (χ3v) is 6.50. The van der Waals surface area contributed by atoms with Crippen LogP contribution in [0.25, 0.3) is 22.2 Å². The molecule has 0 aliphatic carbocycles. The molecule has 5 rings (SSSR count). The van der Waals surface area contributed by atoms with Gasteiger partial charge in [0.15, 0.2) is 21.7 Å². The highest BCUT2D eigenvalue weighted by Gasteiger charge is 2.17. The molecule has 30 heavy (non-hydrogen) atoms. The number of hydrogen-bond donors (Lipinski definition) is 0. The van der Waals surface area contributed by atoms with Crippen LogP contribution < -0.4 is 0 Å². The minimum Gasteiger partial charge on any atom is -0.467 e. The van der Waals surface area contributed by atoms with Gasteiger partial charge in [-0.15, -0.1) is 21.5 Å². The van der Waals surface area contributed by atoms with Gasteiger partial charge in [0.1, 0.15) is 5.76 Å². The Morgan fingerprint density at radius 1 is 1.00 bits per heavy atom. The maximum absolute atomic E-state index is 6.04. The minimum atomic E-state index is 0.537. The molecule has 4 aromatic heterocycles. The third kappa shape index (κ3) is 4.07. The van der Waals surface area contributed by atoms with E-state index in [1.165, 1.54) is 0 Å². The van der Waals surface area contributed by atoms with E-state index in [2.05, 4.69) is 15.2 Å². The van der Waals surface area contributed by atoms with Gasteiger partial charge in [0, 0.05) is 21.7 Å². The molecule has 0 N–H and O–H groups in total. The van der Waals surface area contributed by atoms with Crippen molar-refractivity contribution in [3.05, 3.63) is 82.9 Å². The van der Waals surface area contributed by atoms with E-state index in [-0.39, 0.29) is 0 Å². The molecule has 0 saturated heterocycles. The van der Waals surface area contributed by atoms with E-state index in [0.29, 0.717) is 17.3 Å². The van der Waals surface area contributed by atoms with Crippen LogP contribution in [0.2, 0.25) is 5.02 Å². The summed E-state index contributed by atoms with van der Waals surface area (Å²) in [5.41, 5.74) is 1.91. The maximum Gasteiger partial charge on any atom is 0.192 e. The molecule has 9 heteroatoms. The van der Waals surface area contributed by atoms with E-state index in [1.54, 1.807) is 35.6 Å². The van der Waals surface area contributed by atoms with E-state index < -0.39 is 0 Å². The summed E-state index contributed by atoms with van der Waals surface area (Å²) in [5.74, 6) is 3.05. The standard InChI is InChI=1S/C21H15ClN4O2S2/c22-15-7-5-14(6-8-15)19-24-25-21(26(19)11-17-3-1-9-27-17)30-13-16-12-29-20(23-16)18-4-2-10-28-18/h1-10,12H,11,13H2. The van der Waals surface area contributed by atoms with Crippen LogP contribution in [0.15, 0.2) is 80.4 Å². The Morgan fingerprint density at radius 3 is 2.60 bits per heavy atom. The number of rotatable bonds is 7. The molecule has 5 aromatic rings. The van der Waals surface area contributed by atoms with Crippen LogP contribution in [0.5, 0.6) is 0 Å². The number of nitrogens with zero attached hydrogens (tertiary/aromatic N) is 4. The third-order valence-electron chi connectivity index (χ3n) is 4.35. The van der Waals surface area contributed by atoms with Crippen LogP contribution >= 0.6 is 34.7 Å². The molecule has 4 heterocycles. The van der Waals surface area contributed by atoms with Gasteiger partial charge in [0.2, 0.25) is 0 Å². The van der Waals surface area contributed by atoms with Crippen molar-refractivity contribution in [3.8, 4) is 22.2 Å². The number of furan rings is 2. The molecule has 150 valence electrons.